The first kappa shape index (κ1) is 25.6. The zero-order chi connectivity index (χ0) is 22.1. The molecule has 2 fully saturated rings. The predicted molar refractivity (Wildman–Crippen MR) is 136 cm³/mol. The van der Waals surface area contributed by atoms with Gasteiger partial charge in [0, 0.05) is 13.1 Å². The van der Waals surface area contributed by atoms with Crippen LogP contribution in [0.4, 0.5) is 0 Å². The first-order valence-corrected chi connectivity index (χ1v) is 13.3. The van der Waals surface area contributed by atoms with Crippen LogP contribution in [0.5, 0.6) is 0 Å². The van der Waals surface area contributed by atoms with Crippen LogP contribution in [0.3, 0.4) is 0 Å². The van der Waals surface area contributed by atoms with E-state index in [1.165, 1.54) is 75.8 Å². The van der Waals surface area contributed by atoms with Crippen LogP contribution in [0.25, 0.3) is 0 Å². The molecule has 0 aliphatic carbocycles. The zero-order valence-corrected chi connectivity index (χ0v) is 20.3. The molecule has 0 spiro atoms. The van der Waals surface area contributed by atoms with Gasteiger partial charge in [-0.05, 0) is 128 Å². The monoisotopic (exact) mass is 444 g/mol. The number of benzene rings is 1. The van der Waals surface area contributed by atoms with Gasteiger partial charge in [-0.3, -0.25) is 9.80 Å². The van der Waals surface area contributed by atoms with Crippen molar-refractivity contribution in [3.05, 3.63) is 35.4 Å². The smallest absolute Gasteiger partial charge is 0.0236 e. The average Bonchev–Trinajstić information content (AvgIpc) is 2.78. The number of nitrogens with one attached hydrogen (secondary N) is 4. The van der Waals surface area contributed by atoms with Crippen molar-refractivity contribution in [2.45, 2.75) is 51.6 Å². The molecular formula is C26H48N6. The molecular weight excluding hydrogens is 396 g/mol. The molecule has 4 N–H and O–H groups in total. The Hall–Kier alpha value is -1.02. The summed E-state index contributed by atoms with van der Waals surface area (Å²) in [7, 11) is 0. The molecule has 0 atom stereocenters. The molecule has 0 unspecified atom stereocenters. The van der Waals surface area contributed by atoms with Gasteiger partial charge in [-0.1, -0.05) is 24.3 Å². The van der Waals surface area contributed by atoms with E-state index in [1.54, 1.807) is 0 Å². The Morgan fingerprint density at radius 3 is 1.12 bits per heavy atom. The summed E-state index contributed by atoms with van der Waals surface area (Å²) in [6.45, 7) is 16.0. The summed E-state index contributed by atoms with van der Waals surface area (Å²) in [4.78, 5) is 5.35. The van der Waals surface area contributed by atoms with Gasteiger partial charge in [0.1, 0.15) is 0 Å². The number of rotatable bonds is 4. The number of hydrogen-bond acceptors (Lipinski definition) is 6. The molecule has 0 amide bonds. The van der Waals surface area contributed by atoms with Crippen molar-refractivity contribution in [2.24, 2.45) is 0 Å². The zero-order valence-electron chi connectivity index (χ0n) is 20.3. The van der Waals surface area contributed by atoms with E-state index < -0.39 is 0 Å². The molecule has 2 aliphatic heterocycles. The fourth-order valence-electron chi connectivity index (χ4n) is 4.78. The van der Waals surface area contributed by atoms with Gasteiger partial charge in [-0.25, -0.2) is 0 Å². The molecule has 6 heteroatoms. The van der Waals surface area contributed by atoms with Crippen LogP contribution in [0.15, 0.2) is 24.3 Å². The lowest BCUT2D eigenvalue weighted by Crippen LogP contribution is -2.34. The maximum absolute atomic E-state index is 3.60. The van der Waals surface area contributed by atoms with Crippen molar-refractivity contribution in [3.8, 4) is 0 Å². The molecule has 2 aliphatic rings. The summed E-state index contributed by atoms with van der Waals surface area (Å²) in [5.41, 5.74) is 3.03. The van der Waals surface area contributed by atoms with Crippen molar-refractivity contribution in [3.63, 3.8) is 0 Å². The minimum Gasteiger partial charge on any atom is -0.317 e. The molecule has 1 aromatic carbocycles. The van der Waals surface area contributed by atoms with Crippen molar-refractivity contribution in [1.29, 1.82) is 0 Å². The predicted octanol–water partition coefficient (Wildman–Crippen LogP) is 2.02. The van der Waals surface area contributed by atoms with Crippen LogP contribution >= 0.6 is 0 Å². The maximum Gasteiger partial charge on any atom is 0.0236 e. The Balaban J connectivity index is 1.57. The van der Waals surface area contributed by atoms with Gasteiger partial charge in [0.05, 0.1) is 0 Å². The van der Waals surface area contributed by atoms with Crippen molar-refractivity contribution < 1.29 is 0 Å². The molecule has 1 aromatic rings. The molecule has 6 nitrogen and oxygen atoms in total. The first-order valence-electron chi connectivity index (χ1n) is 13.3. The number of nitrogens with zero attached hydrogens (tertiary/aromatic N) is 2. The van der Waals surface area contributed by atoms with Crippen LogP contribution < -0.4 is 21.3 Å². The van der Waals surface area contributed by atoms with Crippen molar-refractivity contribution in [1.82, 2.24) is 31.1 Å². The highest BCUT2D eigenvalue weighted by molar-refractivity contribution is 5.27. The summed E-state index contributed by atoms with van der Waals surface area (Å²) >= 11 is 0. The Kier molecular flexibility index (Phi) is 13.3. The highest BCUT2D eigenvalue weighted by Gasteiger charge is 2.13. The maximum atomic E-state index is 3.60. The van der Waals surface area contributed by atoms with Crippen molar-refractivity contribution in [2.75, 3.05) is 78.5 Å². The molecule has 2 saturated heterocycles. The lowest BCUT2D eigenvalue weighted by molar-refractivity contribution is 0.242. The summed E-state index contributed by atoms with van der Waals surface area (Å²) in [6.07, 6.45) is 7.42. The van der Waals surface area contributed by atoms with Crippen LogP contribution in [0.2, 0.25) is 0 Å². The third-order valence-corrected chi connectivity index (χ3v) is 6.63. The van der Waals surface area contributed by atoms with E-state index in [1.807, 2.05) is 0 Å². The van der Waals surface area contributed by atoms with Gasteiger partial charge in [0.15, 0.2) is 0 Å². The second-order valence-electron chi connectivity index (χ2n) is 9.44. The Morgan fingerprint density at radius 1 is 0.469 bits per heavy atom. The van der Waals surface area contributed by atoms with E-state index in [-0.39, 0.29) is 0 Å². The number of hydrogen-bond donors (Lipinski definition) is 4. The fourth-order valence-corrected chi connectivity index (χ4v) is 4.78. The molecule has 0 saturated carbocycles. The third kappa shape index (κ3) is 10.7. The van der Waals surface area contributed by atoms with E-state index >= 15 is 0 Å². The molecule has 3 rings (SSSR count). The molecule has 0 aromatic heterocycles. The van der Waals surface area contributed by atoms with Gasteiger partial charge >= 0.3 is 0 Å². The summed E-state index contributed by atoms with van der Waals surface area (Å²) < 4.78 is 0. The Bertz CT molecular complexity index is 520. The Morgan fingerprint density at radius 2 is 0.781 bits per heavy atom. The van der Waals surface area contributed by atoms with E-state index in [0.717, 1.165) is 65.4 Å². The molecule has 182 valence electrons. The van der Waals surface area contributed by atoms with Gasteiger partial charge in [0.25, 0.3) is 0 Å². The molecule has 0 bridgehead atoms. The highest BCUT2D eigenvalue weighted by Crippen LogP contribution is 2.16. The van der Waals surface area contributed by atoms with Gasteiger partial charge in [-0.15, -0.1) is 0 Å². The summed E-state index contributed by atoms with van der Waals surface area (Å²) in [5, 5.41) is 14.4. The van der Waals surface area contributed by atoms with E-state index in [9.17, 15) is 0 Å². The summed E-state index contributed by atoms with van der Waals surface area (Å²) in [5.74, 6) is 0. The Labute approximate surface area is 196 Å². The normalized spacial score (nSPS) is 22.8. The lowest BCUT2D eigenvalue weighted by Gasteiger charge is -2.27. The first-order chi connectivity index (χ1) is 15.9. The molecule has 2 heterocycles. The van der Waals surface area contributed by atoms with E-state index in [2.05, 4.69) is 55.3 Å². The largest absolute Gasteiger partial charge is 0.317 e. The van der Waals surface area contributed by atoms with Crippen LogP contribution in [0.1, 0.15) is 49.7 Å². The molecule has 32 heavy (non-hydrogen) atoms. The minimum atomic E-state index is 1.08. The fraction of sp³-hybridized carbons (Fsp3) is 0.769. The van der Waals surface area contributed by atoms with E-state index in [4.69, 9.17) is 0 Å². The van der Waals surface area contributed by atoms with Crippen molar-refractivity contribution >= 4 is 0 Å². The van der Waals surface area contributed by atoms with Crippen LogP contribution in [-0.2, 0) is 13.1 Å². The highest BCUT2D eigenvalue weighted by atomic mass is 15.1. The third-order valence-electron chi connectivity index (χ3n) is 6.63. The van der Waals surface area contributed by atoms with E-state index in [0.29, 0.717) is 0 Å². The standard InChI is InChI=1S/C26H48N6/c1-2-10-26(24-32-21-7-17-29-13-4-14-30-18-8-22-32)25(9-1)23-31-19-5-15-27-11-3-12-28-16-6-20-31/h1-2,9-10,27-30H,3-8,11-24H2. The minimum absolute atomic E-state index is 1.08. The van der Waals surface area contributed by atoms with Crippen LogP contribution in [0, 0.1) is 0 Å². The van der Waals surface area contributed by atoms with Gasteiger partial charge in [0.2, 0.25) is 0 Å². The SMILES string of the molecule is c1ccc(CN2CCCNCCCNCCC2)c(CN2CCCNCCCNCCC2)c1. The topological polar surface area (TPSA) is 54.6 Å². The van der Waals surface area contributed by atoms with Gasteiger partial charge < -0.3 is 21.3 Å². The second-order valence-corrected chi connectivity index (χ2v) is 9.44. The second kappa shape index (κ2) is 16.6. The summed E-state index contributed by atoms with van der Waals surface area (Å²) in [6, 6.07) is 9.18. The molecule has 0 radical (unpaired) electrons. The van der Waals surface area contributed by atoms with Gasteiger partial charge in [-0.2, -0.15) is 0 Å². The average molecular weight is 445 g/mol. The quantitative estimate of drug-likeness (QED) is 0.570. The lowest BCUT2D eigenvalue weighted by atomic mass is 10.1. The van der Waals surface area contributed by atoms with Crippen LogP contribution in [-0.4, -0.2) is 88.3 Å².